The number of ether oxygens (including phenoxy) is 2. The molecule has 2 aromatic carbocycles. The number of nitrogens with one attached hydrogen (secondary N) is 1. The number of halogens is 1. The first-order valence-electron chi connectivity index (χ1n) is 8.46. The molecule has 1 heterocycles. The molecule has 0 saturated heterocycles. The summed E-state index contributed by atoms with van der Waals surface area (Å²) in [5, 5.41) is 3.36. The molecule has 0 unspecified atom stereocenters. The summed E-state index contributed by atoms with van der Waals surface area (Å²) < 4.78 is 10.7. The summed E-state index contributed by atoms with van der Waals surface area (Å²) in [6, 6.07) is 11.0. The van der Waals surface area contributed by atoms with E-state index in [1.165, 1.54) is 7.11 Å². The second-order valence-corrected chi connectivity index (χ2v) is 6.53. The van der Waals surface area contributed by atoms with Crippen LogP contribution in [0.5, 0.6) is 5.75 Å². The Morgan fingerprint density at radius 1 is 1.27 bits per heavy atom. The van der Waals surface area contributed by atoms with Crippen molar-refractivity contribution in [2.75, 3.05) is 13.7 Å². The third kappa shape index (κ3) is 3.83. The number of benzene rings is 2. The number of carbonyl (C=O) groups excluding carboxylic acids is 2. The molecule has 0 aliphatic carbocycles. The maximum Gasteiger partial charge on any atom is 0.337 e. The smallest absolute Gasteiger partial charge is 0.337 e. The Bertz CT molecular complexity index is 850. The van der Waals surface area contributed by atoms with Gasteiger partial charge >= 0.3 is 5.97 Å². The highest BCUT2D eigenvalue weighted by Crippen LogP contribution is 2.39. The lowest BCUT2D eigenvalue weighted by atomic mass is 9.99. The van der Waals surface area contributed by atoms with E-state index in [0.29, 0.717) is 35.7 Å². The van der Waals surface area contributed by atoms with E-state index >= 15 is 0 Å². The van der Waals surface area contributed by atoms with Crippen LogP contribution in [-0.4, -0.2) is 31.6 Å². The maximum atomic E-state index is 11.7. The maximum absolute atomic E-state index is 11.7. The van der Waals surface area contributed by atoms with Gasteiger partial charge in [0.05, 0.1) is 24.2 Å². The second-order valence-electron chi connectivity index (χ2n) is 6.12. The Morgan fingerprint density at radius 2 is 2.08 bits per heavy atom. The number of amides is 1. The van der Waals surface area contributed by atoms with Crippen molar-refractivity contribution in [3.05, 3.63) is 52.5 Å². The lowest BCUT2D eigenvalue weighted by Crippen LogP contribution is -2.33. The lowest BCUT2D eigenvalue weighted by molar-refractivity contribution is -0.121. The van der Waals surface area contributed by atoms with Gasteiger partial charge in [0.15, 0.2) is 0 Å². The Hall–Kier alpha value is -2.53. The summed E-state index contributed by atoms with van der Waals surface area (Å²) in [7, 11) is 1.36. The van der Waals surface area contributed by atoms with Crippen LogP contribution >= 0.6 is 11.6 Å². The van der Waals surface area contributed by atoms with Crippen molar-refractivity contribution >= 4 is 23.5 Å². The van der Waals surface area contributed by atoms with Crippen molar-refractivity contribution in [3.63, 3.8) is 0 Å². The molecular formula is C20H20ClNO4. The molecule has 2 aromatic rings. The third-order valence-corrected chi connectivity index (χ3v) is 4.60. The molecule has 0 fully saturated rings. The van der Waals surface area contributed by atoms with Crippen LogP contribution in [0.4, 0.5) is 0 Å². The topological polar surface area (TPSA) is 64.6 Å². The Kier molecular flexibility index (Phi) is 5.47. The van der Waals surface area contributed by atoms with Crippen molar-refractivity contribution in [3.8, 4) is 16.9 Å². The molecule has 0 saturated carbocycles. The largest absolute Gasteiger partial charge is 0.486 e. The van der Waals surface area contributed by atoms with Crippen LogP contribution in [0.2, 0.25) is 5.02 Å². The summed E-state index contributed by atoms with van der Waals surface area (Å²) in [4.78, 5) is 23.2. The van der Waals surface area contributed by atoms with Gasteiger partial charge in [0.1, 0.15) is 11.9 Å². The standard InChI is InChI=1S/C20H20ClNO4/c1-3-18(23)22-11-16-9-15-8-14(10-17(21)19(15)26-16)12-5-4-6-13(7-12)20(24)25-2/h4-8,10,16H,3,9,11H2,1-2H3,(H,22,23)/t16-/m1/s1. The summed E-state index contributed by atoms with van der Waals surface area (Å²) in [5.41, 5.74) is 3.26. The number of carbonyl (C=O) groups is 2. The van der Waals surface area contributed by atoms with E-state index in [1.54, 1.807) is 12.1 Å². The number of esters is 1. The average molecular weight is 374 g/mol. The first-order chi connectivity index (χ1) is 12.5. The van der Waals surface area contributed by atoms with Gasteiger partial charge in [-0.3, -0.25) is 4.79 Å². The minimum Gasteiger partial charge on any atom is -0.486 e. The van der Waals surface area contributed by atoms with Crippen molar-refractivity contribution in [2.45, 2.75) is 25.9 Å². The highest BCUT2D eigenvalue weighted by Gasteiger charge is 2.26. The van der Waals surface area contributed by atoms with Crippen LogP contribution in [0.25, 0.3) is 11.1 Å². The number of fused-ring (bicyclic) bond motifs is 1. The predicted molar refractivity (Wildman–Crippen MR) is 99.6 cm³/mol. The van der Waals surface area contributed by atoms with Crippen LogP contribution in [0, 0.1) is 0 Å². The normalized spacial score (nSPS) is 15.1. The van der Waals surface area contributed by atoms with Gasteiger partial charge in [0.2, 0.25) is 5.91 Å². The van der Waals surface area contributed by atoms with Gasteiger partial charge in [0.25, 0.3) is 0 Å². The number of hydrogen-bond donors (Lipinski definition) is 1. The zero-order chi connectivity index (χ0) is 18.7. The molecule has 0 aromatic heterocycles. The molecule has 3 rings (SSSR count). The first-order valence-corrected chi connectivity index (χ1v) is 8.84. The summed E-state index contributed by atoms with van der Waals surface area (Å²) in [5.74, 6) is 0.278. The Balaban J connectivity index is 1.83. The molecule has 1 atom stereocenters. The Labute approximate surface area is 157 Å². The van der Waals surface area contributed by atoms with Crippen molar-refractivity contribution in [2.24, 2.45) is 0 Å². The van der Waals surface area contributed by atoms with E-state index < -0.39 is 0 Å². The predicted octanol–water partition coefficient (Wildman–Crippen LogP) is 3.62. The number of methoxy groups -OCH3 is 1. The van der Waals surface area contributed by atoms with Crippen LogP contribution in [0.3, 0.4) is 0 Å². The summed E-state index contributed by atoms with van der Waals surface area (Å²) >= 11 is 6.41. The quantitative estimate of drug-likeness (QED) is 0.813. The zero-order valence-electron chi connectivity index (χ0n) is 14.7. The average Bonchev–Trinajstić information content (AvgIpc) is 3.09. The van der Waals surface area contributed by atoms with Gasteiger partial charge in [-0.2, -0.15) is 0 Å². The molecule has 136 valence electrons. The molecule has 1 aliphatic heterocycles. The van der Waals surface area contributed by atoms with Crippen LogP contribution < -0.4 is 10.1 Å². The van der Waals surface area contributed by atoms with Crippen LogP contribution in [0.15, 0.2) is 36.4 Å². The molecule has 0 spiro atoms. The molecule has 0 radical (unpaired) electrons. The fraction of sp³-hybridized carbons (Fsp3) is 0.300. The third-order valence-electron chi connectivity index (χ3n) is 4.32. The molecule has 0 bridgehead atoms. The van der Waals surface area contributed by atoms with Gasteiger partial charge in [-0.25, -0.2) is 4.79 Å². The van der Waals surface area contributed by atoms with Gasteiger partial charge < -0.3 is 14.8 Å². The van der Waals surface area contributed by atoms with Gasteiger partial charge in [-0.1, -0.05) is 30.7 Å². The molecule has 1 amide bonds. The van der Waals surface area contributed by atoms with Crippen molar-refractivity contribution in [1.29, 1.82) is 0 Å². The minimum atomic E-state index is -0.380. The molecule has 5 nitrogen and oxygen atoms in total. The van der Waals surface area contributed by atoms with E-state index in [9.17, 15) is 9.59 Å². The lowest BCUT2D eigenvalue weighted by Gasteiger charge is -2.12. The summed E-state index contributed by atoms with van der Waals surface area (Å²) in [6.07, 6.45) is 0.986. The molecule has 26 heavy (non-hydrogen) atoms. The molecule has 1 aliphatic rings. The Morgan fingerprint density at radius 3 is 2.81 bits per heavy atom. The fourth-order valence-corrected chi connectivity index (χ4v) is 3.25. The molecule has 6 heteroatoms. The fourth-order valence-electron chi connectivity index (χ4n) is 2.96. The highest BCUT2D eigenvalue weighted by molar-refractivity contribution is 6.32. The van der Waals surface area contributed by atoms with Crippen molar-refractivity contribution < 1.29 is 19.1 Å². The van der Waals surface area contributed by atoms with E-state index in [1.807, 2.05) is 31.2 Å². The minimum absolute atomic E-state index is 0.00373. The summed E-state index contributed by atoms with van der Waals surface area (Å²) in [6.45, 7) is 2.26. The van der Waals surface area contributed by atoms with Crippen molar-refractivity contribution in [1.82, 2.24) is 5.32 Å². The highest BCUT2D eigenvalue weighted by atomic mass is 35.5. The number of hydrogen-bond acceptors (Lipinski definition) is 4. The molecular weight excluding hydrogens is 354 g/mol. The molecule has 1 N–H and O–H groups in total. The first kappa shape index (κ1) is 18.3. The van der Waals surface area contributed by atoms with Gasteiger partial charge in [-0.15, -0.1) is 0 Å². The van der Waals surface area contributed by atoms with E-state index in [-0.39, 0.29) is 18.0 Å². The van der Waals surface area contributed by atoms with E-state index in [0.717, 1.165) is 16.7 Å². The van der Waals surface area contributed by atoms with Gasteiger partial charge in [0, 0.05) is 18.4 Å². The van der Waals surface area contributed by atoms with E-state index in [4.69, 9.17) is 21.1 Å². The van der Waals surface area contributed by atoms with E-state index in [2.05, 4.69) is 5.32 Å². The van der Waals surface area contributed by atoms with Crippen LogP contribution in [-0.2, 0) is 16.0 Å². The van der Waals surface area contributed by atoms with Gasteiger partial charge in [-0.05, 0) is 35.4 Å². The zero-order valence-corrected chi connectivity index (χ0v) is 15.4. The van der Waals surface area contributed by atoms with Crippen LogP contribution in [0.1, 0.15) is 29.3 Å². The number of rotatable bonds is 5. The SMILES string of the molecule is CCC(=O)NC[C@H]1Cc2cc(-c3cccc(C(=O)OC)c3)cc(Cl)c2O1. The monoisotopic (exact) mass is 373 g/mol. The second kappa shape index (κ2) is 7.79.